The van der Waals surface area contributed by atoms with Gasteiger partial charge in [0.15, 0.2) is 0 Å². The van der Waals surface area contributed by atoms with Crippen LogP contribution < -0.4 is 10.1 Å². The number of likely N-dealkylation sites (tertiary alicyclic amines) is 1. The van der Waals surface area contributed by atoms with Crippen LogP contribution in [0.3, 0.4) is 0 Å². The van der Waals surface area contributed by atoms with E-state index in [-0.39, 0.29) is 17.7 Å². The SMILES string of the molecule is CS(=O)(=O)CCN1CCC(NC(=O)CCc2cccc(OC3CCCC3)c2)CC1. The molecule has 3 rings (SSSR count). The van der Waals surface area contributed by atoms with Gasteiger partial charge in [0.2, 0.25) is 5.91 Å². The van der Waals surface area contributed by atoms with Crippen molar-refractivity contribution >= 4 is 15.7 Å². The van der Waals surface area contributed by atoms with Crippen LogP contribution in [0.2, 0.25) is 0 Å². The number of carbonyl (C=O) groups excluding carboxylic acids is 1. The zero-order valence-corrected chi connectivity index (χ0v) is 18.3. The lowest BCUT2D eigenvalue weighted by molar-refractivity contribution is -0.122. The number of benzene rings is 1. The first-order valence-electron chi connectivity index (χ1n) is 10.8. The average molecular weight is 423 g/mol. The molecule has 0 unspecified atom stereocenters. The molecule has 1 heterocycles. The maximum Gasteiger partial charge on any atom is 0.220 e. The van der Waals surface area contributed by atoms with Crippen LogP contribution in [0.5, 0.6) is 5.75 Å². The van der Waals surface area contributed by atoms with Crippen molar-refractivity contribution in [3.63, 3.8) is 0 Å². The smallest absolute Gasteiger partial charge is 0.220 e. The fourth-order valence-corrected chi connectivity index (χ4v) is 4.72. The van der Waals surface area contributed by atoms with Crippen LogP contribution in [0.15, 0.2) is 24.3 Å². The number of hydrogen-bond donors (Lipinski definition) is 1. The van der Waals surface area contributed by atoms with Crippen LogP contribution in [-0.4, -0.2) is 63.0 Å². The van der Waals surface area contributed by atoms with Gasteiger partial charge in [0.05, 0.1) is 11.9 Å². The highest BCUT2D eigenvalue weighted by Gasteiger charge is 2.21. The number of aryl methyl sites for hydroxylation is 1. The van der Waals surface area contributed by atoms with Crippen molar-refractivity contribution in [1.29, 1.82) is 0 Å². The lowest BCUT2D eigenvalue weighted by Crippen LogP contribution is -2.45. The molecule has 1 saturated heterocycles. The molecule has 1 aromatic rings. The Kier molecular flexibility index (Phi) is 7.95. The topological polar surface area (TPSA) is 75.7 Å². The first-order valence-corrected chi connectivity index (χ1v) is 12.9. The van der Waals surface area contributed by atoms with Gasteiger partial charge in [-0.25, -0.2) is 8.42 Å². The molecular formula is C22H34N2O4S. The summed E-state index contributed by atoms with van der Waals surface area (Å²) < 4.78 is 28.6. The summed E-state index contributed by atoms with van der Waals surface area (Å²) >= 11 is 0. The molecule has 1 aliphatic heterocycles. The molecule has 1 N–H and O–H groups in total. The van der Waals surface area contributed by atoms with Crippen LogP contribution >= 0.6 is 0 Å². The second kappa shape index (κ2) is 10.4. The van der Waals surface area contributed by atoms with Crippen LogP contribution in [0.25, 0.3) is 0 Å². The summed E-state index contributed by atoms with van der Waals surface area (Å²) in [5.41, 5.74) is 1.13. The van der Waals surface area contributed by atoms with E-state index < -0.39 is 9.84 Å². The van der Waals surface area contributed by atoms with E-state index in [1.165, 1.54) is 19.1 Å². The first kappa shape index (κ1) is 22.1. The van der Waals surface area contributed by atoms with E-state index in [0.29, 0.717) is 25.5 Å². The molecule has 1 saturated carbocycles. The van der Waals surface area contributed by atoms with Gasteiger partial charge < -0.3 is 15.0 Å². The van der Waals surface area contributed by atoms with Crippen molar-refractivity contribution in [3.05, 3.63) is 29.8 Å². The average Bonchev–Trinajstić information content (AvgIpc) is 3.19. The quantitative estimate of drug-likeness (QED) is 0.662. The van der Waals surface area contributed by atoms with Gasteiger partial charge in [0, 0.05) is 38.4 Å². The molecule has 1 aromatic carbocycles. The second-order valence-electron chi connectivity index (χ2n) is 8.49. The van der Waals surface area contributed by atoms with Gasteiger partial charge in [-0.1, -0.05) is 12.1 Å². The van der Waals surface area contributed by atoms with Crippen LogP contribution in [0, 0.1) is 0 Å². The molecule has 7 heteroatoms. The van der Waals surface area contributed by atoms with Crippen LogP contribution in [0.4, 0.5) is 0 Å². The number of piperidine rings is 1. The molecule has 0 aromatic heterocycles. The number of carbonyl (C=O) groups is 1. The molecule has 1 aliphatic carbocycles. The Bertz CT molecular complexity index is 767. The molecule has 1 amide bonds. The molecule has 0 bridgehead atoms. The number of nitrogens with zero attached hydrogens (tertiary/aromatic N) is 1. The number of ether oxygens (including phenoxy) is 1. The number of nitrogens with one attached hydrogen (secondary N) is 1. The van der Waals surface area contributed by atoms with E-state index in [0.717, 1.165) is 50.1 Å². The minimum absolute atomic E-state index is 0.0849. The molecule has 0 radical (unpaired) electrons. The van der Waals surface area contributed by atoms with Crippen molar-refractivity contribution in [1.82, 2.24) is 10.2 Å². The van der Waals surface area contributed by atoms with Crippen molar-refractivity contribution in [2.24, 2.45) is 0 Å². The second-order valence-corrected chi connectivity index (χ2v) is 10.7. The Morgan fingerprint density at radius 2 is 1.90 bits per heavy atom. The van der Waals surface area contributed by atoms with Gasteiger partial charge in [-0.2, -0.15) is 0 Å². The highest BCUT2D eigenvalue weighted by Crippen LogP contribution is 2.24. The Balaban J connectivity index is 1.36. The van der Waals surface area contributed by atoms with Gasteiger partial charge in [0.25, 0.3) is 0 Å². The van der Waals surface area contributed by atoms with Gasteiger partial charge in [-0.3, -0.25) is 4.79 Å². The Hall–Kier alpha value is -1.60. The van der Waals surface area contributed by atoms with E-state index in [1.54, 1.807) is 0 Å². The van der Waals surface area contributed by atoms with Gasteiger partial charge in [-0.15, -0.1) is 0 Å². The zero-order valence-electron chi connectivity index (χ0n) is 17.4. The highest BCUT2D eigenvalue weighted by atomic mass is 32.2. The third-order valence-corrected chi connectivity index (χ3v) is 6.80. The largest absolute Gasteiger partial charge is 0.490 e. The fourth-order valence-electron chi connectivity index (χ4n) is 4.13. The number of hydrogen-bond acceptors (Lipinski definition) is 5. The van der Waals surface area contributed by atoms with E-state index in [4.69, 9.17) is 4.74 Å². The summed E-state index contributed by atoms with van der Waals surface area (Å²) in [5.74, 6) is 1.20. The third-order valence-electron chi connectivity index (χ3n) is 5.88. The van der Waals surface area contributed by atoms with E-state index in [9.17, 15) is 13.2 Å². The predicted molar refractivity (Wildman–Crippen MR) is 115 cm³/mol. The molecule has 2 fully saturated rings. The Morgan fingerprint density at radius 1 is 1.17 bits per heavy atom. The van der Waals surface area contributed by atoms with E-state index >= 15 is 0 Å². The summed E-state index contributed by atoms with van der Waals surface area (Å²) in [4.78, 5) is 14.5. The molecule has 162 valence electrons. The highest BCUT2D eigenvalue weighted by molar-refractivity contribution is 7.90. The summed E-state index contributed by atoms with van der Waals surface area (Å²) in [5, 5.41) is 3.14. The number of sulfone groups is 1. The van der Waals surface area contributed by atoms with Crippen LogP contribution in [0.1, 0.15) is 50.5 Å². The van der Waals surface area contributed by atoms with Crippen LogP contribution in [-0.2, 0) is 21.1 Å². The Labute approximate surface area is 174 Å². The summed E-state index contributed by atoms with van der Waals surface area (Å²) in [6, 6.07) is 8.30. The van der Waals surface area contributed by atoms with Gasteiger partial charge in [-0.05, 0) is 62.6 Å². The number of rotatable bonds is 9. The summed E-state index contributed by atoms with van der Waals surface area (Å²) in [7, 11) is -2.92. The van der Waals surface area contributed by atoms with Gasteiger partial charge in [0.1, 0.15) is 15.6 Å². The van der Waals surface area contributed by atoms with Crippen molar-refractivity contribution in [3.8, 4) is 5.75 Å². The molecule has 29 heavy (non-hydrogen) atoms. The lowest BCUT2D eigenvalue weighted by Gasteiger charge is -2.32. The molecule has 2 aliphatic rings. The van der Waals surface area contributed by atoms with Crippen molar-refractivity contribution in [2.75, 3.05) is 31.6 Å². The zero-order chi connectivity index (χ0) is 20.7. The van der Waals surface area contributed by atoms with E-state index in [2.05, 4.69) is 22.3 Å². The Morgan fingerprint density at radius 3 is 2.59 bits per heavy atom. The molecule has 0 spiro atoms. The maximum atomic E-state index is 12.4. The minimum atomic E-state index is -2.92. The monoisotopic (exact) mass is 422 g/mol. The number of amides is 1. The summed E-state index contributed by atoms with van der Waals surface area (Å²) in [6.07, 6.45) is 9.33. The molecule has 6 nitrogen and oxygen atoms in total. The standard InChI is InChI=1S/C22H34N2O4S/c1-29(26,27)16-15-24-13-11-19(12-14-24)23-22(25)10-9-18-5-4-8-21(17-18)28-20-6-2-3-7-20/h4-5,8,17,19-20H,2-3,6-7,9-16H2,1H3,(H,23,25). The van der Waals surface area contributed by atoms with Crippen molar-refractivity contribution in [2.45, 2.75) is 63.5 Å². The van der Waals surface area contributed by atoms with E-state index in [1.807, 2.05) is 12.1 Å². The van der Waals surface area contributed by atoms with Crippen molar-refractivity contribution < 1.29 is 17.9 Å². The third kappa shape index (κ3) is 7.97. The predicted octanol–water partition coefficient (Wildman–Crippen LogP) is 2.57. The summed E-state index contributed by atoms with van der Waals surface area (Å²) in [6.45, 7) is 2.25. The fraction of sp³-hybridized carbons (Fsp3) is 0.682. The first-order chi connectivity index (χ1) is 13.9. The maximum absolute atomic E-state index is 12.4. The molecule has 0 atom stereocenters. The normalized spacial score (nSPS) is 19.3. The van der Waals surface area contributed by atoms with Gasteiger partial charge >= 0.3 is 0 Å². The lowest BCUT2D eigenvalue weighted by atomic mass is 10.0. The minimum Gasteiger partial charge on any atom is -0.490 e. The molecular weight excluding hydrogens is 388 g/mol.